The van der Waals surface area contributed by atoms with Crippen molar-refractivity contribution >= 4 is 11.6 Å². The van der Waals surface area contributed by atoms with Gasteiger partial charge in [0.2, 0.25) is 0 Å². The smallest absolute Gasteiger partial charge is 0.194 e. The molecule has 1 saturated heterocycles. The fraction of sp³-hybridized carbons (Fsp3) is 0.500. The molecular formula is C18H28N4. The highest BCUT2D eigenvalue weighted by Crippen LogP contribution is 2.23. The molecule has 0 aromatic heterocycles. The van der Waals surface area contributed by atoms with Gasteiger partial charge in [-0.05, 0) is 38.0 Å². The van der Waals surface area contributed by atoms with Crippen LogP contribution in [0.3, 0.4) is 0 Å². The van der Waals surface area contributed by atoms with Crippen molar-refractivity contribution in [3.05, 3.63) is 42.0 Å². The number of guanidine groups is 1. The van der Waals surface area contributed by atoms with E-state index in [0.29, 0.717) is 6.54 Å². The average Bonchev–Trinajstić information content (AvgIpc) is 2.54. The van der Waals surface area contributed by atoms with E-state index in [9.17, 15) is 0 Å². The largest absolute Gasteiger partial charge is 0.368 e. The SMILES string of the molecule is C=CCN=C(NCC)N1CCN(c2cccc(C)c2C)CC1. The number of nitrogens with one attached hydrogen (secondary N) is 1. The van der Waals surface area contributed by atoms with Crippen molar-refractivity contribution in [3.63, 3.8) is 0 Å². The summed E-state index contributed by atoms with van der Waals surface area (Å²) in [6.45, 7) is 15.9. The van der Waals surface area contributed by atoms with Crippen LogP contribution in [0.1, 0.15) is 18.1 Å². The lowest BCUT2D eigenvalue weighted by Crippen LogP contribution is -2.52. The quantitative estimate of drug-likeness (QED) is 0.527. The van der Waals surface area contributed by atoms with Crippen molar-refractivity contribution in [1.82, 2.24) is 10.2 Å². The van der Waals surface area contributed by atoms with Crippen LogP contribution < -0.4 is 10.2 Å². The van der Waals surface area contributed by atoms with Gasteiger partial charge in [0.1, 0.15) is 0 Å². The molecule has 1 N–H and O–H groups in total. The van der Waals surface area contributed by atoms with Gasteiger partial charge in [-0.2, -0.15) is 0 Å². The Labute approximate surface area is 134 Å². The molecule has 2 rings (SSSR count). The van der Waals surface area contributed by atoms with Crippen molar-refractivity contribution in [2.45, 2.75) is 20.8 Å². The van der Waals surface area contributed by atoms with E-state index in [4.69, 9.17) is 0 Å². The predicted molar refractivity (Wildman–Crippen MR) is 95.9 cm³/mol. The third-order valence-corrected chi connectivity index (χ3v) is 4.20. The summed E-state index contributed by atoms with van der Waals surface area (Å²) in [5.74, 6) is 1.00. The molecule has 1 aliphatic rings. The van der Waals surface area contributed by atoms with E-state index in [1.54, 1.807) is 0 Å². The standard InChI is InChI=1S/C18H28N4/c1-5-10-20-18(19-6-2)22-13-11-21(12-14-22)17-9-7-8-15(3)16(17)4/h5,7-9H,1,6,10-14H2,2-4H3,(H,19,20). The highest BCUT2D eigenvalue weighted by Gasteiger charge is 2.20. The Morgan fingerprint density at radius 1 is 1.27 bits per heavy atom. The summed E-state index contributed by atoms with van der Waals surface area (Å²) < 4.78 is 0. The number of nitrogens with zero attached hydrogens (tertiary/aromatic N) is 3. The Kier molecular flexibility index (Phi) is 5.87. The molecule has 4 heteroatoms. The maximum atomic E-state index is 4.58. The number of aliphatic imine (C=N–C) groups is 1. The van der Waals surface area contributed by atoms with E-state index < -0.39 is 0 Å². The van der Waals surface area contributed by atoms with Gasteiger partial charge in [0.05, 0.1) is 6.54 Å². The van der Waals surface area contributed by atoms with Crippen molar-refractivity contribution in [3.8, 4) is 0 Å². The molecule has 1 aliphatic heterocycles. The summed E-state index contributed by atoms with van der Waals surface area (Å²) >= 11 is 0. The highest BCUT2D eigenvalue weighted by atomic mass is 15.3. The fourth-order valence-electron chi connectivity index (χ4n) is 2.81. The number of piperazine rings is 1. The summed E-state index contributed by atoms with van der Waals surface area (Å²) in [5.41, 5.74) is 4.12. The third kappa shape index (κ3) is 3.81. The average molecular weight is 300 g/mol. The normalized spacial score (nSPS) is 15.9. The third-order valence-electron chi connectivity index (χ3n) is 4.20. The molecule has 0 unspecified atom stereocenters. The molecular weight excluding hydrogens is 272 g/mol. The van der Waals surface area contributed by atoms with Crippen LogP contribution in [0.25, 0.3) is 0 Å². The van der Waals surface area contributed by atoms with Gasteiger partial charge in [-0.25, -0.2) is 4.99 Å². The van der Waals surface area contributed by atoms with Crippen LogP contribution in [0.5, 0.6) is 0 Å². The lowest BCUT2D eigenvalue weighted by atomic mass is 10.1. The van der Waals surface area contributed by atoms with E-state index in [2.05, 4.69) is 65.7 Å². The van der Waals surface area contributed by atoms with Gasteiger partial charge in [0.25, 0.3) is 0 Å². The van der Waals surface area contributed by atoms with E-state index >= 15 is 0 Å². The zero-order valence-corrected chi connectivity index (χ0v) is 14.1. The Morgan fingerprint density at radius 2 is 2.00 bits per heavy atom. The van der Waals surface area contributed by atoms with E-state index in [1.165, 1.54) is 16.8 Å². The van der Waals surface area contributed by atoms with E-state index in [-0.39, 0.29) is 0 Å². The van der Waals surface area contributed by atoms with Gasteiger partial charge < -0.3 is 15.1 Å². The number of anilines is 1. The second-order valence-electron chi connectivity index (χ2n) is 5.68. The van der Waals surface area contributed by atoms with Gasteiger partial charge in [-0.15, -0.1) is 6.58 Å². The fourth-order valence-corrected chi connectivity index (χ4v) is 2.81. The zero-order valence-electron chi connectivity index (χ0n) is 14.1. The van der Waals surface area contributed by atoms with E-state index in [1.807, 2.05) is 6.08 Å². The Hall–Kier alpha value is -1.97. The minimum Gasteiger partial charge on any atom is -0.368 e. The van der Waals surface area contributed by atoms with Crippen LogP contribution in [-0.2, 0) is 0 Å². The molecule has 22 heavy (non-hydrogen) atoms. The second kappa shape index (κ2) is 7.87. The van der Waals surface area contributed by atoms with Gasteiger partial charge in [0.15, 0.2) is 5.96 Å². The molecule has 0 amide bonds. The van der Waals surface area contributed by atoms with Crippen LogP contribution in [0.4, 0.5) is 5.69 Å². The Morgan fingerprint density at radius 3 is 2.64 bits per heavy atom. The number of benzene rings is 1. The maximum absolute atomic E-state index is 4.58. The molecule has 0 radical (unpaired) electrons. The summed E-state index contributed by atoms with van der Waals surface area (Å²) in [4.78, 5) is 9.40. The first kappa shape index (κ1) is 16.4. The van der Waals surface area contributed by atoms with Gasteiger partial charge >= 0.3 is 0 Å². The first-order valence-corrected chi connectivity index (χ1v) is 8.12. The molecule has 0 aliphatic carbocycles. The van der Waals surface area contributed by atoms with Gasteiger partial charge in [-0.1, -0.05) is 18.2 Å². The monoisotopic (exact) mass is 300 g/mol. The molecule has 120 valence electrons. The second-order valence-corrected chi connectivity index (χ2v) is 5.68. The predicted octanol–water partition coefficient (Wildman–Crippen LogP) is 2.58. The molecule has 1 aromatic carbocycles. The van der Waals surface area contributed by atoms with Crippen molar-refractivity contribution in [2.75, 3.05) is 44.2 Å². The number of aryl methyl sites for hydroxylation is 1. The first-order valence-electron chi connectivity index (χ1n) is 8.12. The molecule has 0 bridgehead atoms. The molecule has 1 fully saturated rings. The van der Waals surface area contributed by atoms with Crippen molar-refractivity contribution in [1.29, 1.82) is 0 Å². The summed E-state index contributed by atoms with van der Waals surface area (Å²) in [5, 5.41) is 3.37. The zero-order chi connectivity index (χ0) is 15.9. The molecule has 4 nitrogen and oxygen atoms in total. The highest BCUT2D eigenvalue weighted by molar-refractivity contribution is 5.80. The molecule has 0 spiro atoms. The Balaban J connectivity index is 2.03. The number of rotatable bonds is 4. The minimum atomic E-state index is 0.666. The minimum absolute atomic E-state index is 0.666. The summed E-state index contributed by atoms with van der Waals surface area (Å²) in [6, 6.07) is 6.56. The lowest BCUT2D eigenvalue weighted by Gasteiger charge is -2.38. The van der Waals surface area contributed by atoms with Crippen molar-refractivity contribution < 1.29 is 0 Å². The summed E-state index contributed by atoms with van der Waals surface area (Å²) in [7, 11) is 0. The molecule has 0 saturated carbocycles. The van der Waals surface area contributed by atoms with E-state index in [0.717, 1.165) is 38.7 Å². The first-order chi connectivity index (χ1) is 10.7. The van der Waals surface area contributed by atoms with Crippen LogP contribution >= 0.6 is 0 Å². The van der Waals surface area contributed by atoms with Crippen LogP contribution in [0.15, 0.2) is 35.8 Å². The van der Waals surface area contributed by atoms with Crippen LogP contribution in [0, 0.1) is 13.8 Å². The molecule has 0 atom stereocenters. The van der Waals surface area contributed by atoms with Crippen molar-refractivity contribution in [2.24, 2.45) is 4.99 Å². The van der Waals surface area contributed by atoms with Gasteiger partial charge in [-0.3, -0.25) is 0 Å². The van der Waals surface area contributed by atoms with Crippen LogP contribution in [-0.4, -0.2) is 50.1 Å². The lowest BCUT2D eigenvalue weighted by molar-refractivity contribution is 0.373. The maximum Gasteiger partial charge on any atom is 0.194 e. The molecule has 1 aromatic rings. The van der Waals surface area contributed by atoms with Gasteiger partial charge in [0, 0.05) is 38.4 Å². The van der Waals surface area contributed by atoms with Crippen LogP contribution in [0.2, 0.25) is 0 Å². The summed E-state index contributed by atoms with van der Waals surface area (Å²) in [6.07, 6.45) is 1.84. The Bertz CT molecular complexity index is 528. The molecule has 1 heterocycles. The number of hydrogen-bond acceptors (Lipinski definition) is 2. The number of hydrogen-bond donors (Lipinski definition) is 1. The topological polar surface area (TPSA) is 30.9 Å².